The molecule has 25 heavy (non-hydrogen) atoms. The minimum atomic E-state index is -0.636. The number of carbonyl (C=O) groups is 2. The lowest BCUT2D eigenvalue weighted by Crippen LogP contribution is -2.33. The summed E-state index contributed by atoms with van der Waals surface area (Å²) in [6.45, 7) is 3.05. The Kier molecular flexibility index (Phi) is 6.05. The molecule has 0 aliphatic carbocycles. The Morgan fingerprint density at radius 3 is 2.52 bits per heavy atom. The molecule has 0 bridgehead atoms. The second-order valence-corrected chi connectivity index (χ2v) is 5.44. The van der Waals surface area contributed by atoms with Crippen molar-refractivity contribution in [2.24, 2.45) is 0 Å². The summed E-state index contributed by atoms with van der Waals surface area (Å²) in [5, 5.41) is 4.93. The topological polar surface area (TPSA) is 67.4 Å². The van der Waals surface area contributed by atoms with Gasteiger partial charge in [0, 0.05) is 12.5 Å². The highest BCUT2D eigenvalue weighted by Gasteiger charge is 2.13. The average molecular weight is 348 g/mol. The fourth-order valence-electron chi connectivity index (χ4n) is 2.09. The summed E-state index contributed by atoms with van der Waals surface area (Å²) in [5.74, 6) is -1.93. The summed E-state index contributed by atoms with van der Waals surface area (Å²) in [7, 11) is 0. The van der Waals surface area contributed by atoms with E-state index in [2.05, 4.69) is 10.6 Å². The second kappa shape index (κ2) is 8.23. The van der Waals surface area contributed by atoms with E-state index < -0.39 is 29.6 Å². The molecule has 0 spiro atoms. The van der Waals surface area contributed by atoms with Crippen LogP contribution in [0, 0.1) is 11.6 Å². The molecule has 2 aromatic carbocycles. The first-order chi connectivity index (χ1) is 11.9. The molecule has 0 saturated heterocycles. The average Bonchev–Trinajstić information content (AvgIpc) is 2.56. The van der Waals surface area contributed by atoms with E-state index in [1.165, 1.54) is 31.2 Å². The number of halogens is 2. The highest BCUT2D eigenvalue weighted by molar-refractivity contribution is 5.96. The molecule has 2 N–H and O–H groups in total. The third-order valence-corrected chi connectivity index (χ3v) is 3.25. The van der Waals surface area contributed by atoms with Crippen molar-refractivity contribution >= 4 is 17.5 Å². The number of amides is 2. The van der Waals surface area contributed by atoms with Crippen LogP contribution in [0.25, 0.3) is 0 Å². The molecule has 0 radical (unpaired) electrons. The first kappa shape index (κ1) is 18.4. The summed E-state index contributed by atoms with van der Waals surface area (Å²) < 4.78 is 32.5. The summed E-state index contributed by atoms with van der Waals surface area (Å²) in [5.41, 5.74) is 0.110. The molecule has 0 fully saturated rings. The molecule has 2 amide bonds. The smallest absolute Gasteiger partial charge is 0.251 e. The fourth-order valence-corrected chi connectivity index (χ4v) is 2.09. The van der Waals surface area contributed by atoms with Gasteiger partial charge < -0.3 is 15.4 Å². The maximum Gasteiger partial charge on any atom is 0.251 e. The van der Waals surface area contributed by atoms with Crippen molar-refractivity contribution in [3.8, 4) is 5.75 Å². The molecule has 7 heteroatoms. The third kappa shape index (κ3) is 5.27. The van der Waals surface area contributed by atoms with E-state index in [1.54, 1.807) is 19.1 Å². The lowest BCUT2D eigenvalue weighted by Gasteiger charge is -2.16. The molecule has 0 unspecified atom stereocenters. The van der Waals surface area contributed by atoms with Crippen molar-refractivity contribution < 1.29 is 23.1 Å². The Balaban J connectivity index is 1.95. The number of para-hydroxylation sites is 1. The van der Waals surface area contributed by atoms with Crippen LogP contribution in [0.15, 0.2) is 42.5 Å². The fraction of sp³-hybridized carbons (Fsp3) is 0.222. The minimum Gasteiger partial charge on any atom is -0.486 e. The first-order valence-corrected chi connectivity index (χ1v) is 7.63. The highest BCUT2D eigenvalue weighted by atomic mass is 19.1. The number of anilines is 1. The zero-order valence-corrected chi connectivity index (χ0v) is 13.8. The van der Waals surface area contributed by atoms with Gasteiger partial charge in [-0.15, -0.1) is 0 Å². The third-order valence-electron chi connectivity index (χ3n) is 3.25. The van der Waals surface area contributed by atoms with Crippen molar-refractivity contribution in [2.45, 2.75) is 20.0 Å². The molecule has 0 aliphatic rings. The van der Waals surface area contributed by atoms with Gasteiger partial charge in [0.05, 0.1) is 12.2 Å². The predicted molar refractivity (Wildman–Crippen MR) is 89.5 cm³/mol. The minimum absolute atomic E-state index is 0.0733. The number of ether oxygens (including phenoxy) is 1. The monoisotopic (exact) mass is 348 g/mol. The standard InChI is InChI=1S/C18H18F2N2O3/c1-11(25-17-6-4-3-5-15(17)20)10-21-18(24)13-7-8-14(19)16(9-13)22-12(2)23/h3-9,11H,10H2,1-2H3,(H,21,24)(H,22,23)/t11-/m1/s1. The van der Waals surface area contributed by atoms with Crippen LogP contribution in [0.2, 0.25) is 0 Å². The van der Waals surface area contributed by atoms with E-state index in [0.717, 1.165) is 6.07 Å². The quantitative estimate of drug-likeness (QED) is 0.843. The lowest BCUT2D eigenvalue weighted by molar-refractivity contribution is -0.114. The van der Waals surface area contributed by atoms with E-state index in [9.17, 15) is 18.4 Å². The Morgan fingerprint density at radius 2 is 1.84 bits per heavy atom. The maximum atomic E-state index is 13.6. The number of carbonyl (C=O) groups excluding carboxylic acids is 2. The van der Waals surface area contributed by atoms with Crippen molar-refractivity contribution in [2.75, 3.05) is 11.9 Å². The number of hydrogen-bond donors (Lipinski definition) is 2. The zero-order valence-electron chi connectivity index (χ0n) is 13.8. The van der Waals surface area contributed by atoms with Gasteiger partial charge in [0.2, 0.25) is 5.91 Å². The maximum absolute atomic E-state index is 13.6. The van der Waals surface area contributed by atoms with Gasteiger partial charge >= 0.3 is 0 Å². The first-order valence-electron chi connectivity index (χ1n) is 7.63. The Bertz CT molecular complexity index is 781. The molecule has 132 valence electrons. The predicted octanol–water partition coefficient (Wildman–Crippen LogP) is 3.12. The normalized spacial score (nSPS) is 11.5. The van der Waals surface area contributed by atoms with Gasteiger partial charge in [0.1, 0.15) is 11.9 Å². The Hall–Kier alpha value is -2.96. The van der Waals surface area contributed by atoms with Crippen molar-refractivity contribution in [3.05, 3.63) is 59.7 Å². The van der Waals surface area contributed by atoms with Gasteiger partial charge in [0.15, 0.2) is 11.6 Å². The molecule has 0 aliphatic heterocycles. The van der Waals surface area contributed by atoms with E-state index in [-0.39, 0.29) is 23.5 Å². The van der Waals surface area contributed by atoms with Gasteiger partial charge in [-0.05, 0) is 37.3 Å². The van der Waals surface area contributed by atoms with E-state index in [4.69, 9.17) is 4.74 Å². The van der Waals surface area contributed by atoms with E-state index in [1.807, 2.05) is 0 Å². The summed E-state index contributed by atoms with van der Waals surface area (Å²) >= 11 is 0. The van der Waals surface area contributed by atoms with Gasteiger partial charge in [-0.2, -0.15) is 0 Å². The summed E-state index contributed by atoms with van der Waals surface area (Å²) in [4.78, 5) is 23.2. The number of nitrogens with one attached hydrogen (secondary N) is 2. The molecule has 0 saturated carbocycles. The van der Waals surface area contributed by atoms with Crippen LogP contribution in [0.3, 0.4) is 0 Å². The van der Waals surface area contributed by atoms with Crippen LogP contribution >= 0.6 is 0 Å². The molecule has 1 atom stereocenters. The highest BCUT2D eigenvalue weighted by Crippen LogP contribution is 2.18. The van der Waals surface area contributed by atoms with E-state index >= 15 is 0 Å². The molecule has 0 heterocycles. The van der Waals surface area contributed by atoms with Crippen LogP contribution in [-0.4, -0.2) is 24.5 Å². The number of hydrogen-bond acceptors (Lipinski definition) is 3. The molecular formula is C18H18F2N2O3. The van der Waals surface area contributed by atoms with Crippen LogP contribution in [0.5, 0.6) is 5.75 Å². The van der Waals surface area contributed by atoms with Crippen molar-refractivity contribution in [1.29, 1.82) is 0 Å². The Labute approximate surface area is 144 Å². The van der Waals surface area contributed by atoms with Crippen molar-refractivity contribution in [3.63, 3.8) is 0 Å². The van der Waals surface area contributed by atoms with Crippen LogP contribution < -0.4 is 15.4 Å². The number of benzene rings is 2. The lowest BCUT2D eigenvalue weighted by atomic mass is 10.1. The molecule has 5 nitrogen and oxygen atoms in total. The second-order valence-electron chi connectivity index (χ2n) is 5.44. The van der Waals surface area contributed by atoms with Gasteiger partial charge in [-0.25, -0.2) is 8.78 Å². The summed E-state index contributed by atoms with van der Waals surface area (Å²) in [6, 6.07) is 9.62. The Morgan fingerprint density at radius 1 is 1.12 bits per heavy atom. The van der Waals surface area contributed by atoms with Gasteiger partial charge in [-0.1, -0.05) is 12.1 Å². The van der Waals surface area contributed by atoms with Crippen molar-refractivity contribution in [1.82, 2.24) is 5.32 Å². The van der Waals surface area contributed by atoms with Crippen LogP contribution in [0.4, 0.5) is 14.5 Å². The van der Waals surface area contributed by atoms with Gasteiger partial charge in [-0.3, -0.25) is 9.59 Å². The van der Waals surface area contributed by atoms with Gasteiger partial charge in [0.25, 0.3) is 5.91 Å². The molecule has 2 aromatic rings. The number of rotatable bonds is 6. The molecule has 2 rings (SSSR count). The SMILES string of the molecule is CC(=O)Nc1cc(C(=O)NC[C@@H](C)Oc2ccccc2F)ccc1F. The van der Waals surface area contributed by atoms with E-state index in [0.29, 0.717) is 0 Å². The summed E-state index contributed by atoms with van der Waals surface area (Å²) in [6.07, 6.45) is -0.476. The zero-order chi connectivity index (χ0) is 18.4. The molecular weight excluding hydrogens is 330 g/mol. The van der Waals surface area contributed by atoms with Crippen LogP contribution in [-0.2, 0) is 4.79 Å². The largest absolute Gasteiger partial charge is 0.486 e. The molecule has 0 aromatic heterocycles. The van der Waals surface area contributed by atoms with Crippen LogP contribution in [0.1, 0.15) is 24.2 Å².